The van der Waals surface area contributed by atoms with Gasteiger partial charge in [-0.05, 0) is 48.0 Å². The Morgan fingerprint density at radius 3 is 2.61 bits per heavy atom. The summed E-state index contributed by atoms with van der Waals surface area (Å²) in [6.45, 7) is 0.718. The van der Waals surface area contributed by atoms with Crippen LogP contribution in [-0.4, -0.2) is 32.0 Å². The highest BCUT2D eigenvalue weighted by Gasteiger charge is 2.22. The van der Waals surface area contributed by atoms with Crippen molar-refractivity contribution in [2.75, 3.05) is 23.3 Å². The second-order valence-electron chi connectivity index (χ2n) is 7.95. The molecule has 2 aromatic heterocycles. The van der Waals surface area contributed by atoms with Gasteiger partial charge in [-0.1, -0.05) is 18.2 Å². The van der Waals surface area contributed by atoms with Gasteiger partial charge >= 0.3 is 0 Å². The number of halogens is 2. The molecule has 2 aromatic carbocycles. The number of nitrogens with one attached hydrogen (secondary N) is 1. The Hall–Kier alpha value is -4.31. The summed E-state index contributed by atoms with van der Waals surface area (Å²) in [5.74, 6) is -2.09. The molecule has 0 aliphatic carbocycles. The van der Waals surface area contributed by atoms with E-state index in [1.165, 1.54) is 7.11 Å². The number of rotatable bonds is 6. The van der Waals surface area contributed by atoms with E-state index < -0.39 is 26.6 Å². The van der Waals surface area contributed by atoms with Gasteiger partial charge in [-0.25, -0.2) is 22.2 Å². The fraction of sp³-hybridized carbons (Fsp3) is 0.0769. The van der Waals surface area contributed by atoms with Gasteiger partial charge in [0.2, 0.25) is 5.88 Å². The predicted octanol–water partition coefficient (Wildman–Crippen LogP) is 5.27. The van der Waals surface area contributed by atoms with Crippen LogP contribution in [0.5, 0.6) is 5.88 Å². The summed E-state index contributed by atoms with van der Waals surface area (Å²) in [5, 5.41) is 0.904. The number of hydrogen-bond donors (Lipinski definition) is 1. The predicted molar refractivity (Wildman–Crippen MR) is 134 cm³/mol. The maximum absolute atomic E-state index is 14.2. The molecule has 0 bridgehead atoms. The number of methoxy groups -OCH3 is 1. The van der Waals surface area contributed by atoms with Crippen molar-refractivity contribution >= 4 is 32.3 Å². The van der Waals surface area contributed by atoms with E-state index in [0.29, 0.717) is 11.6 Å². The number of allylic oxidation sites excluding steroid dienone is 2. The first-order valence-corrected chi connectivity index (χ1v) is 12.3. The van der Waals surface area contributed by atoms with Gasteiger partial charge in [-0.15, -0.1) is 0 Å². The molecule has 0 atom stereocenters. The van der Waals surface area contributed by atoms with E-state index in [9.17, 15) is 17.2 Å². The zero-order chi connectivity index (χ0) is 25.3. The summed E-state index contributed by atoms with van der Waals surface area (Å²) in [5.41, 5.74) is 3.13. The summed E-state index contributed by atoms with van der Waals surface area (Å²) in [6, 6.07) is 11.4. The van der Waals surface area contributed by atoms with E-state index in [1.807, 2.05) is 48.7 Å². The van der Waals surface area contributed by atoms with Gasteiger partial charge in [-0.3, -0.25) is 9.71 Å². The summed E-state index contributed by atoms with van der Waals surface area (Å²) in [6.07, 6.45) is 11.3. The number of hydrogen-bond acceptors (Lipinski definition) is 6. The van der Waals surface area contributed by atoms with Gasteiger partial charge in [0.1, 0.15) is 22.2 Å². The molecule has 36 heavy (non-hydrogen) atoms. The van der Waals surface area contributed by atoms with Crippen molar-refractivity contribution in [2.24, 2.45) is 0 Å². The third-order valence-electron chi connectivity index (χ3n) is 5.65. The fourth-order valence-corrected chi connectivity index (χ4v) is 5.06. The van der Waals surface area contributed by atoms with Crippen molar-refractivity contribution in [1.82, 2.24) is 9.97 Å². The van der Waals surface area contributed by atoms with Crippen LogP contribution >= 0.6 is 0 Å². The Morgan fingerprint density at radius 2 is 1.86 bits per heavy atom. The minimum absolute atomic E-state index is 0.00164. The highest BCUT2D eigenvalue weighted by atomic mass is 32.2. The van der Waals surface area contributed by atoms with E-state index >= 15 is 0 Å². The van der Waals surface area contributed by atoms with Crippen molar-refractivity contribution in [1.29, 1.82) is 0 Å². The number of pyridine rings is 2. The van der Waals surface area contributed by atoms with Gasteiger partial charge in [0.05, 0.1) is 18.3 Å². The molecule has 1 aliphatic heterocycles. The van der Waals surface area contributed by atoms with Crippen LogP contribution in [0.4, 0.5) is 20.2 Å². The molecule has 0 saturated carbocycles. The van der Waals surface area contributed by atoms with Crippen LogP contribution in [0, 0.1) is 11.6 Å². The minimum atomic E-state index is -4.39. The molecule has 1 N–H and O–H groups in total. The molecule has 0 radical (unpaired) electrons. The lowest BCUT2D eigenvalue weighted by atomic mass is 10.0. The molecule has 0 unspecified atom stereocenters. The molecule has 182 valence electrons. The molecule has 5 rings (SSSR count). The zero-order valence-corrected chi connectivity index (χ0v) is 19.8. The normalized spacial score (nSPS) is 13.2. The number of anilines is 2. The molecule has 10 heteroatoms. The lowest BCUT2D eigenvalue weighted by Crippen LogP contribution is -2.17. The Kier molecular flexibility index (Phi) is 6.11. The smallest absolute Gasteiger partial charge is 0.264 e. The van der Waals surface area contributed by atoms with Gasteiger partial charge < -0.3 is 9.64 Å². The van der Waals surface area contributed by atoms with Crippen molar-refractivity contribution in [3.8, 4) is 17.0 Å². The molecule has 1 aliphatic rings. The minimum Gasteiger partial charge on any atom is -0.480 e. The van der Waals surface area contributed by atoms with Crippen LogP contribution in [-0.2, 0) is 10.0 Å². The monoisotopic (exact) mass is 506 g/mol. The second kappa shape index (κ2) is 9.38. The average Bonchev–Trinajstić information content (AvgIpc) is 2.88. The summed E-state index contributed by atoms with van der Waals surface area (Å²) < 4.78 is 60.7. The Bertz CT molecular complexity index is 1640. The van der Waals surface area contributed by atoms with Crippen LogP contribution in [0.1, 0.15) is 0 Å². The lowest BCUT2D eigenvalue weighted by Gasteiger charge is -2.22. The Morgan fingerprint density at radius 1 is 1.00 bits per heavy atom. The van der Waals surface area contributed by atoms with E-state index in [1.54, 1.807) is 18.5 Å². The van der Waals surface area contributed by atoms with Gasteiger partial charge in [0.25, 0.3) is 10.0 Å². The quantitative estimate of drug-likeness (QED) is 0.383. The number of fused-ring (bicyclic) bond motifs is 1. The van der Waals surface area contributed by atoms with E-state index in [4.69, 9.17) is 4.74 Å². The van der Waals surface area contributed by atoms with Crippen LogP contribution in [0.25, 0.3) is 22.0 Å². The number of nitrogens with zero attached hydrogens (tertiary/aromatic N) is 3. The number of aromatic nitrogens is 2. The molecule has 7 nitrogen and oxygen atoms in total. The van der Waals surface area contributed by atoms with E-state index in [2.05, 4.69) is 19.6 Å². The molecule has 0 amide bonds. The van der Waals surface area contributed by atoms with Gasteiger partial charge in [0, 0.05) is 42.2 Å². The summed E-state index contributed by atoms with van der Waals surface area (Å²) in [7, 11) is -3.05. The lowest BCUT2D eigenvalue weighted by molar-refractivity contribution is 0.400. The standard InChI is InChI=1S/C26H20F2N4O3S/c1-35-26-23(31-36(33,34)25-8-6-19(27)15-21(25)28)14-18(16-30-26)17-5-7-22-20(13-17)24(9-10-29-22)32-11-3-2-4-12-32/h2-11,13-16,31H,12H2,1H3. The molecule has 0 fully saturated rings. The van der Waals surface area contributed by atoms with Crippen LogP contribution in [0.2, 0.25) is 0 Å². The largest absolute Gasteiger partial charge is 0.480 e. The van der Waals surface area contributed by atoms with E-state index in [-0.39, 0.29) is 11.6 Å². The summed E-state index contributed by atoms with van der Waals surface area (Å²) >= 11 is 0. The molecular weight excluding hydrogens is 486 g/mol. The third kappa shape index (κ3) is 4.50. The van der Waals surface area contributed by atoms with Gasteiger partial charge in [0.15, 0.2) is 0 Å². The Balaban J connectivity index is 1.55. The van der Waals surface area contributed by atoms with E-state index in [0.717, 1.165) is 40.8 Å². The molecule has 4 aromatic rings. The molecule has 0 spiro atoms. The highest BCUT2D eigenvalue weighted by molar-refractivity contribution is 7.92. The highest BCUT2D eigenvalue weighted by Crippen LogP contribution is 2.34. The first-order chi connectivity index (χ1) is 17.4. The van der Waals surface area contributed by atoms with Crippen LogP contribution < -0.4 is 14.4 Å². The number of benzene rings is 2. The summed E-state index contributed by atoms with van der Waals surface area (Å²) in [4.78, 5) is 10.1. The molecule has 3 heterocycles. The SMILES string of the molecule is COc1ncc(-c2ccc3nccc(N4C=CC=CC4)c3c2)cc1NS(=O)(=O)c1ccc(F)cc1F. The van der Waals surface area contributed by atoms with Crippen LogP contribution in [0.15, 0.2) is 90.2 Å². The molecule has 0 saturated heterocycles. The molecular formula is C26H20F2N4O3S. The van der Waals surface area contributed by atoms with Crippen molar-refractivity contribution in [2.45, 2.75) is 4.90 Å². The van der Waals surface area contributed by atoms with Crippen molar-refractivity contribution < 1.29 is 21.9 Å². The number of ether oxygens (including phenoxy) is 1. The first-order valence-electron chi connectivity index (χ1n) is 10.9. The maximum atomic E-state index is 14.2. The average molecular weight is 507 g/mol. The Labute approximate surface area is 206 Å². The zero-order valence-electron chi connectivity index (χ0n) is 19.0. The second-order valence-corrected chi connectivity index (χ2v) is 9.60. The maximum Gasteiger partial charge on any atom is 0.264 e. The van der Waals surface area contributed by atoms with Crippen LogP contribution in [0.3, 0.4) is 0 Å². The van der Waals surface area contributed by atoms with Crippen molar-refractivity contribution in [3.05, 3.63) is 97.0 Å². The third-order valence-corrected chi connectivity index (χ3v) is 7.05. The van der Waals surface area contributed by atoms with Gasteiger partial charge in [-0.2, -0.15) is 0 Å². The fourth-order valence-electron chi connectivity index (χ4n) is 3.95. The number of sulfonamides is 1. The first kappa shape index (κ1) is 23.4. The topological polar surface area (TPSA) is 84.4 Å². The van der Waals surface area contributed by atoms with Crippen molar-refractivity contribution in [3.63, 3.8) is 0 Å².